The molecule has 1 aliphatic heterocycles. The molecule has 1 saturated heterocycles. The summed E-state index contributed by atoms with van der Waals surface area (Å²) in [5.74, 6) is -0.265. The van der Waals surface area contributed by atoms with Gasteiger partial charge < -0.3 is 20.3 Å². The number of carbonyl (C=O) groups excluding carboxylic acids is 3. The van der Waals surface area contributed by atoms with E-state index < -0.39 is 22.2 Å². The highest BCUT2D eigenvalue weighted by Gasteiger charge is 2.37. The van der Waals surface area contributed by atoms with E-state index in [2.05, 4.69) is 11.0 Å². The summed E-state index contributed by atoms with van der Waals surface area (Å²) in [4.78, 5) is 45.1. The highest BCUT2D eigenvalue weighted by Crippen LogP contribution is 2.43. The van der Waals surface area contributed by atoms with Crippen molar-refractivity contribution in [3.8, 4) is 5.75 Å². The third kappa shape index (κ3) is 8.03. The summed E-state index contributed by atoms with van der Waals surface area (Å²) in [6.45, 7) is 18.2. The van der Waals surface area contributed by atoms with E-state index in [0.717, 1.165) is 19.3 Å². The van der Waals surface area contributed by atoms with Gasteiger partial charge >= 0.3 is 6.09 Å². The van der Waals surface area contributed by atoms with Crippen LogP contribution in [0.25, 0.3) is 0 Å². The number of amides is 1. The second-order valence-electron chi connectivity index (χ2n) is 13.4. The van der Waals surface area contributed by atoms with Crippen molar-refractivity contribution in [1.82, 2.24) is 4.90 Å². The summed E-state index contributed by atoms with van der Waals surface area (Å²) in [6.07, 6.45) is 3.19. The predicted octanol–water partition coefficient (Wildman–Crippen LogP) is 5.95. The van der Waals surface area contributed by atoms with Gasteiger partial charge in [0.1, 0.15) is 5.60 Å². The lowest BCUT2D eigenvalue weighted by Crippen LogP contribution is -2.41. The Morgan fingerprint density at radius 3 is 1.92 bits per heavy atom. The standard InChI is InChI=1S/C30H46N2O6/c1-28(2,3)25-23(38-36)17-20(22(34)18-31)24(26(25)29(4,5)6)21(33)12-10-11-19-13-15-32(16-14-19)27(35)37-30(7,8)9/h19H,10-16,18,31H2,1-9H3. The number of hydrogen-bond donors (Lipinski definition) is 1. The average molecular weight is 531 g/mol. The normalized spacial score (nSPS) is 15.4. The molecule has 0 bridgehead atoms. The Bertz CT molecular complexity index is 1020. The van der Waals surface area contributed by atoms with Gasteiger partial charge in [0.2, 0.25) is 0 Å². The van der Waals surface area contributed by atoms with Crippen LogP contribution in [0.5, 0.6) is 5.75 Å². The second-order valence-corrected chi connectivity index (χ2v) is 13.4. The van der Waals surface area contributed by atoms with Crippen molar-refractivity contribution in [2.45, 2.75) is 111 Å². The molecule has 2 N–H and O–H groups in total. The van der Waals surface area contributed by atoms with E-state index >= 15 is 0 Å². The Labute approximate surface area is 228 Å². The minimum atomic E-state index is -0.548. The van der Waals surface area contributed by atoms with Crippen LogP contribution >= 0.6 is 0 Å². The van der Waals surface area contributed by atoms with Gasteiger partial charge in [-0.25, -0.2) is 4.79 Å². The largest absolute Gasteiger partial charge is 0.444 e. The number of benzene rings is 1. The third-order valence-electron chi connectivity index (χ3n) is 6.82. The van der Waals surface area contributed by atoms with Crippen LogP contribution in [0, 0.1) is 12.0 Å². The summed E-state index contributed by atoms with van der Waals surface area (Å²) in [5, 5.41) is 11.7. The van der Waals surface area contributed by atoms with Crippen molar-refractivity contribution in [2.75, 3.05) is 19.6 Å². The number of carbonyl (C=O) groups is 3. The van der Waals surface area contributed by atoms with E-state index in [1.807, 2.05) is 62.3 Å². The lowest BCUT2D eigenvalue weighted by Gasteiger charge is -2.34. The molecular weight excluding hydrogens is 484 g/mol. The van der Waals surface area contributed by atoms with Crippen molar-refractivity contribution in [1.29, 1.82) is 0 Å². The van der Waals surface area contributed by atoms with Gasteiger partial charge in [-0.3, -0.25) is 9.59 Å². The lowest BCUT2D eigenvalue weighted by molar-refractivity contribution is -0.209. The Hall–Kier alpha value is -2.45. The second kappa shape index (κ2) is 12.2. The number of rotatable bonds is 8. The monoisotopic (exact) mass is 530 g/mol. The highest BCUT2D eigenvalue weighted by molar-refractivity contribution is 6.11. The Kier molecular flexibility index (Phi) is 10.2. The first-order valence-corrected chi connectivity index (χ1v) is 13.6. The number of hydrogen-bond acceptors (Lipinski definition) is 6. The number of piperidine rings is 1. The van der Waals surface area contributed by atoms with E-state index in [9.17, 15) is 19.6 Å². The number of nitrogens with zero attached hydrogens (tertiary/aromatic N) is 1. The molecule has 212 valence electrons. The Morgan fingerprint density at radius 1 is 0.921 bits per heavy atom. The quantitative estimate of drug-likeness (QED) is 0.252. The first-order valence-electron chi connectivity index (χ1n) is 13.6. The molecule has 0 spiro atoms. The zero-order valence-corrected chi connectivity index (χ0v) is 24.7. The number of ether oxygens (including phenoxy) is 1. The van der Waals surface area contributed by atoms with Crippen LogP contribution in [0.15, 0.2) is 0 Å². The molecule has 0 saturated carbocycles. The van der Waals surface area contributed by atoms with Crippen LogP contribution < -0.4 is 10.6 Å². The van der Waals surface area contributed by atoms with Crippen LogP contribution in [0.3, 0.4) is 0 Å². The molecule has 1 heterocycles. The van der Waals surface area contributed by atoms with Gasteiger partial charge in [0, 0.05) is 47.5 Å². The maximum atomic E-state index is 13.7. The van der Waals surface area contributed by atoms with Gasteiger partial charge in [0.05, 0.1) is 6.54 Å². The molecule has 1 aromatic carbocycles. The first-order chi connectivity index (χ1) is 17.4. The number of likely N-dealkylation sites (tertiary alicyclic amines) is 1. The number of ketones is 2. The first kappa shape index (κ1) is 31.8. The molecule has 0 atom stereocenters. The molecule has 8 heteroatoms. The van der Waals surface area contributed by atoms with Crippen molar-refractivity contribution in [2.24, 2.45) is 11.7 Å². The molecule has 38 heavy (non-hydrogen) atoms. The van der Waals surface area contributed by atoms with Gasteiger partial charge in [-0.05, 0) is 68.8 Å². The fourth-order valence-corrected chi connectivity index (χ4v) is 5.13. The fraction of sp³-hybridized carbons (Fsp3) is 0.700. The summed E-state index contributed by atoms with van der Waals surface area (Å²) < 4.78 is 5.48. The minimum Gasteiger partial charge on any atom is -0.444 e. The summed E-state index contributed by atoms with van der Waals surface area (Å²) in [7, 11) is 0. The van der Waals surface area contributed by atoms with Crippen LogP contribution in [-0.2, 0) is 20.8 Å². The van der Waals surface area contributed by atoms with Crippen LogP contribution in [0.1, 0.15) is 126 Å². The smallest absolute Gasteiger partial charge is 0.410 e. The molecule has 2 radical (unpaired) electrons. The predicted molar refractivity (Wildman–Crippen MR) is 146 cm³/mol. The average Bonchev–Trinajstić information content (AvgIpc) is 2.80. The molecule has 1 aromatic rings. The third-order valence-corrected chi connectivity index (χ3v) is 6.82. The topological polar surface area (TPSA) is 119 Å². The zero-order valence-electron chi connectivity index (χ0n) is 24.7. The Morgan fingerprint density at radius 2 is 1.47 bits per heavy atom. The van der Waals surface area contributed by atoms with E-state index in [-0.39, 0.29) is 36.2 Å². The van der Waals surface area contributed by atoms with Crippen molar-refractivity contribution in [3.05, 3.63) is 28.3 Å². The van der Waals surface area contributed by atoms with E-state index in [1.54, 1.807) is 4.90 Å². The van der Waals surface area contributed by atoms with Crippen LogP contribution in [-0.4, -0.2) is 47.8 Å². The molecule has 1 amide bonds. The van der Waals surface area contributed by atoms with Gasteiger partial charge in [0.15, 0.2) is 17.3 Å². The maximum Gasteiger partial charge on any atom is 0.410 e. The summed E-state index contributed by atoms with van der Waals surface area (Å²) in [5.41, 5.74) is 5.65. The summed E-state index contributed by atoms with van der Waals surface area (Å²) in [6, 6.07) is 2.82. The van der Waals surface area contributed by atoms with Gasteiger partial charge in [-0.15, -0.1) is 0 Å². The van der Waals surface area contributed by atoms with E-state index in [4.69, 9.17) is 10.5 Å². The van der Waals surface area contributed by atoms with Crippen LogP contribution in [0.2, 0.25) is 0 Å². The van der Waals surface area contributed by atoms with Crippen molar-refractivity contribution >= 4 is 17.7 Å². The molecule has 1 fully saturated rings. The molecule has 0 aromatic heterocycles. The molecule has 0 unspecified atom stereocenters. The van der Waals surface area contributed by atoms with Crippen LogP contribution in [0.4, 0.5) is 4.79 Å². The molecule has 2 rings (SSSR count). The number of Topliss-reactive ketones (excluding diaryl/α,β-unsaturated/α-hetero) is 2. The molecule has 1 aliphatic rings. The number of nitrogens with two attached hydrogens (primary N) is 1. The SMILES string of the molecule is CC(C)(C)OC(=O)N1CCC(CCCC(=O)c2c(C(=O)CN)[c]c(O[O])c(C(C)(C)C)c2C(C)(C)C)CC1. The van der Waals surface area contributed by atoms with Crippen molar-refractivity contribution < 1.29 is 29.3 Å². The molecular formula is C30H46N2O6. The molecule has 0 aliphatic carbocycles. The minimum absolute atomic E-state index is 0.0342. The van der Waals surface area contributed by atoms with Gasteiger partial charge in [-0.2, -0.15) is 0 Å². The van der Waals surface area contributed by atoms with E-state index in [1.165, 1.54) is 0 Å². The van der Waals surface area contributed by atoms with Gasteiger partial charge in [0.25, 0.3) is 0 Å². The van der Waals surface area contributed by atoms with Gasteiger partial charge in [-0.1, -0.05) is 41.5 Å². The lowest BCUT2D eigenvalue weighted by atomic mass is 9.70. The fourth-order valence-electron chi connectivity index (χ4n) is 5.13. The van der Waals surface area contributed by atoms with Crippen molar-refractivity contribution in [3.63, 3.8) is 0 Å². The maximum absolute atomic E-state index is 13.7. The Balaban J connectivity index is 2.25. The zero-order chi connectivity index (χ0) is 29.1. The van der Waals surface area contributed by atoms with E-state index in [0.29, 0.717) is 42.1 Å². The highest BCUT2D eigenvalue weighted by atomic mass is 17.1. The summed E-state index contributed by atoms with van der Waals surface area (Å²) >= 11 is 0. The molecule has 8 nitrogen and oxygen atoms in total.